The van der Waals surface area contributed by atoms with Crippen molar-refractivity contribution < 1.29 is 37.3 Å². The molecule has 29 heavy (non-hydrogen) atoms. The molecule has 0 aliphatic rings. The Bertz CT molecular complexity index is 878. The van der Waals surface area contributed by atoms with Crippen molar-refractivity contribution in [2.75, 3.05) is 25.6 Å². The fraction of sp³-hybridized carbons (Fsp3) is 0.263. The average Bonchev–Trinajstić information content (AvgIpc) is 2.68. The van der Waals surface area contributed by atoms with Crippen molar-refractivity contribution in [3.05, 3.63) is 47.0 Å². The van der Waals surface area contributed by atoms with E-state index >= 15 is 0 Å². The third kappa shape index (κ3) is 6.49. The van der Waals surface area contributed by atoms with Crippen LogP contribution in [-0.2, 0) is 9.53 Å². The number of carbonyl (C=O) groups is 2. The predicted octanol–water partition coefficient (Wildman–Crippen LogP) is 4.14. The SMILES string of the molecule is CCOc1cc(C(=O)OCC(=O)Nc2ccc(OC(F)F)c(Cl)c2)ccc1OC. The van der Waals surface area contributed by atoms with E-state index in [4.69, 9.17) is 25.8 Å². The second-order valence-electron chi connectivity index (χ2n) is 5.45. The zero-order valence-electron chi connectivity index (χ0n) is 15.5. The predicted molar refractivity (Wildman–Crippen MR) is 101 cm³/mol. The van der Waals surface area contributed by atoms with Gasteiger partial charge in [0.1, 0.15) is 5.75 Å². The van der Waals surface area contributed by atoms with Gasteiger partial charge in [-0.1, -0.05) is 11.6 Å². The van der Waals surface area contributed by atoms with Crippen LogP contribution in [0.4, 0.5) is 14.5 Å². The zero-order valence-corrected chi connectivity index (χ0v) is 16.3. The number of esters is 1. The van der Waals surface area contributed by atoms with Crippen LogP contribution in [-0.4, -0.2) is 38.8 Å². The first-order valence-corrected chi connectivity index (χ1v) is 8.74. The zero-order chi connectivity index (χ0) is 21.4. The molecule has 0 saturated carbocycles. The molecule has 0 bridgehead atoms. The van der Waals surface area contributed by atoms with Crippen LogP contribution in [0.2, 0.25) is 5.02 Å². The van der Waals surface area contributed by atoms with E-state index in [1.165, 1.54) is 37.4 Å². The van der Waals surface area contributed by atoms with E-state index < -0.39 is 25.1 Å². The lowest BCUT2D eigenvalue weighted by Crippen LogP contribution is -2.21. The fourth-order valence-electron chi connectivity index (χ4n) is 2.25. The van der Waals surface area contributed by atoms with Gasteiger partial charge in [-0.2, -0.15) is 8.78 Å². The summed E-state index contributed by atoms with van der Waals surface area (Å²) in [5, 5.41) is 2.32. The lowest BCUT2D eigenvalue weighted by molar-refractivity contribution is -0.119. The number of anilines is 1. The highest BCUT2D eigenvalue weighted by molar-refractivity contribution is 6.32. The fourth-order valence-corrected chi connectivity index (χ4v) is 2.48. The summed E-state index contributed by atoms with van der Waals surface area (Å²) in [5.41, 5.74) is 0.402. The van der Waals surface area contributed by atoms with Gasteiger partial charge in [0.2, 0.25) is 0 Å². The van der Waals surface area contributed by atoms with Gasteiger partial charge < -0.3 is 24.3 Å². The number of hydrogen-bond donors (Lipinski definition) is 1. The minimum absolute atomic E-state index is 0.109. The van der Waals surface area contributed by atoms with Gasteiger partial charge in [0, 0.05) is 5.69 Å². The maximum atomic E-state index is 12.2. The number of alkyl halides is 2. The molecule has 0 radical (unpaired) electrons. The number of nitrogens with one attached hydrogen (secondary N) is 1. The normalized spacial score (nSPS) is 10.4. The molecule has 0 aromatic heterocycles. The Morgan fingerprint density at radius 2 is 1.83 bits per heavy atom. The second-order valence-corrected chi connectivity index (χ2v) is 5.85. The Morgan fingerprint density at radius 1 is 1.10 bits per heavy atom. The van der Waals surface area contributed by atoms with Gasteiger partial charge in [0.15, 0.2) is 18.1 Å². The van der Waals surface area contributed by atoms with Crippen LogP contribution in [0.3, 0.4) is 0 Å². The van der Waals surface area contributed by atoms with Crippen molar-refractivity contribution in [2.45, 2.75) is 13.5 Å². The van der Waals surface area contributed by atoms with E-state index in [0.717, 1.165) is 0 Å². The molecule has 1 N–H and O–H groups in total. The Balaban J connectivity index is 1.94. The number of methoxy groups -OCH3 is 1. The van der Waals surface area contributed by atoms with E-state index in [1.54, 1.807) is 13.0 Å². The lowest BCUT2D eigenvalue weighted by Gasteiger charge is -2.11. The van der Waals surface area contributed by atoms with Crippen molar-refractivity contribution in [1.82, 2.24) is 0 Å². The second kappa shape index (κ2) is 10.5. The van der Waals surface area contributed by atoms with Gasteiger partial charge >= 0.3 is 12.6 Å². The molecule has 0 aliphatic heterocycles. The number of rotatable bonds is 9. The first-order chi connectivity index (χ1) is 13.8. The average molecular weight is 430 g/mol. The van der Waals surface area contributed by atoms with Gasteiger partial charge in [-0.15, -0.1) is 0 Å². The first kappa shape index (κ1) is 22.2. The topological polar surface area (TPSA) is 83.1 Å². The highest BCUT2D eigenvalue weighted by Gasteiger charge is 2.15. The Morgan fingerprint density at radius 3 is 2.45 bits per heavy atom. The summed E-state index contributed by atoms with van der Waals surface area (Å²) in [7, 11) is 1.47. The van der Waals surface area contributed by atoms with Crippen molar-refractivity contribution in [3.8, 4) is 17.2 Å². The van der Waals surface area contributed by atoms with E-state index in [2.05, 4.69) is 10.1 Å². The highest BCUT2D eigenvalue weighted by atomic mass is 35.5. The summed E-state index contributed by atoms with van der Waals surface area (Å²) < 4.78 is 44.1. The van der Waals surface area contributed by atoms with E-state index in [9.17, 15) is 18.4 Å². The summed E-state index contributed by atoms with van der Waals surface area (Å²) >= 11 is 5.81. The minimum atomic E-state index is -3.02. The van der Waals surface area contributed by atoms with Crippen LogP contribution >= 0.6 is 11.6 Å². The van der Waals surface area contributed by atoms with Crippen LogP contribution in [0.1, 0.15) is 17.3 Å². The van der Waals surface area contributed by atoms with Crippen molar-refractivity contribution in [3.63, 3.8) is 0 Å². The molecule has 0 spiro atoms. The maximum Gasteiger partial charge on any atom is 0.387 e. The third-order valence-corrected chi connectivity index (χ3v) is 3.76. The van der Waals surface area contributed by atoms with Gasteiger partial charge in [-0.05, 0) is 43.3 Å². The van der Waals surface area contributed by atoms with Crippen LogP contribution in [0.5, 0.6) is 17.2 Å². The standard InChI is InChI=1S/C19H18ClF2NO6/c1-3-27-16-8-11(4-6-15(16)26-2)18(25)28-10-17(24)23-12-5-7-14(13(20)9-12)29-19(21)22/h4-9,19H,3,10H2,1-2H3,(H,23,24). The van der Waals surface area contributed by atoms with Crippen molar-refractivity contribution in [2.24, 2.45) is 0 Å². The molecule has 10 heteroatoms. The summed E-state index contributed by atoms with van der Waals surface area (Å²) in [6.07, 6.45) is 0. The Hall–Kier alpha value is -3.07. The molecular formula is C19H18ClF2NO6. The summed E-state index contributed by atoms with van der Waals surface area (Å²) in [6, 6.07) is 8.21. The molecule has 0 fully saturated rings. The largest absolute Gasteiger partial charge is 0.493 e. The van der Waals surface area contributed by atoms with Gasteiger partial charge in [0.25, 0.3) is 5.91 Å². The van der Waals surface area contributed by atoms with Gasteiger partial charge in [-0.25, -0.2) is 4.79 Å². The monoisotopic (exact) mass is 429 g/mol. The number of amides is 1. The summed E-state index contributed by atoms with van der Waals surface area (Å²) in [5.74, 6) is -0.777. The molecule has 0 unspecified atom stereocenters. The number of hydrogen-bond acceptors (Lipinski definition) is 6. The Kier molecular flexibility index (Phi) is 8.02. The molecule has 156 valence electrons. The smallest absolute Gasteiger partial charge is 0.387 e. The summed E-state index contributed by atoms with van der Waals surface area (Å²) in [4.78, 5) is 24.1. The van der Waals surface area contributed by atoms with Crippen molar-refractivity contribution >= 4 is 29.2 Å². The summed E-state index contributed by atoms with van der Waals surface area (Å²) in [6.45, 7) is -1.43. The van der Waals surface area contributed by atoms with Crippen molar-refractivity contribution in [1.29, 1.82) is 0 Å². The molecular weight excluding hydrogens is 412 g/mol. The molecule has 0 heterocycles. The molecule has 0 atom stereocenters. The third-order valence-electron chi connectivity index (χ3n) is 3.47. The number of benzene rings is 2. The lowest BCUT2D eigenvalue weighted by atomic mass is 10.2. The van der Waals surface area contributed by atoms with E-state index in [1.807, 2.05) is 0 Å². The van der Waals surface area contributed by atoms with E-state index in [0.29, 0.717) is 18.1 Å². The number of halogens is 3. The highest BCUT2D eigenvalue weighted by Crippen LogP contribution is 2.29. The van der Waals surface area contributed by atoms with Crippen LogP contribution in [0, 0.1) is 0 Å². The van der Waals surface area contributed by atoms with Crippen LogP contribution in [0.15, 0.2) is 36.4 Å². The Labute approximate surface area is 170 Å². The number of carbonyl (C=O) groups excluding carboxylic acids is 2. The van der Waals surface area contributed by atoms with E-state index in [-0.39, 0.29) is 22.0 Å². The van der Waals surface area contributed by atoms with Crippen LogP contribution < -0.4 is 19.5 Å². The minimum Gasteiger partial charge on any atom is -0.493 e. The molecule has 0 saturated heterocycles. The quantitative estimate of drug-likeness (QED) is 0.603. The number of ether oxygens (including phenoxy) is 4. The molecule has 2 rings (SSSR count). The molecule has 2 aromatic carbocycles. The van der Waals surface area contributed by atoms with Crippen LogP contribution in [0.25, 0.3) is 0 Å². The van der Waals surface area contributed by atoms with Gasteiger partial charge in [0.05, 0.1) is 24.3 Å². The molecule has 7 nitrogen and oxygen atoms in total. The first-order valence-electron chi connectivity index (χ1n) is 8.36. The molecule has 0 aliphatic carbocycles. The van der Waals surface area contributed by atoms with Gasteiger partial charge in [-0.3, -0.25) is 4.79 Å². The molecule has 1 amide bonds. The maximum absolute atomic E-state index is 12.2. The molecule has 2 aromatic rings.